The second kappa shape index (κ2) is 13.0. The van der Waals surface area contributed by atoms with Gasteiger partial charge in [0.05, 0.1) is 24.1 Å². The lowest BCUT2D eigenvalue weighted by atomic mass is 9.80. The first kappa shape index (κ1) is 31.1. The van der Waals surface area contributed by atoms with Crippen LogP contribution in [0.25, 0.3) is 22.5 Å². The van der Waals surface area contributed by atoms with E-state index in [4.69, 9.17) is 10.5 Å². The van der Waals surface area contributed by atoms with Gasteiger partial charge >= 0.3 is 0 Å². The number of ether oxygens (including phenoxy) is 1. The summed E-state index contributed by atoms with van der Waals surface area (Å²) in [6.07, 6.45) is 12.4. The molecule has 12 heteroatoms. The molecular weight excluding hydrogens is 620 g/mol. The average molecular weight is 661 g/mol. The Bertz CT molecular complexity index is 1930. The van der Waals surface area contributed by atoms with Gasteiger partial charge in [0.2, 0.25) is 11.8 Å². The Labute approximate surface area is 284 Å². The Hall–Kier alpha value is -5.23. The lowest BCUT2D eigenvalue weighted by molar-refractivity contribution is -0.134. The van der Waals surface area contributed by atoms with Crippen molar-refractivity contribution in [1.29, 1.82) is 0 Å². The van der Waals surface area contributed by atoms with Crippen molar-refractivity contribution in [1.82, 2.24) is 30.2 Å². The van der Waals surface area contributed by atoms with E-state index in [0.717, 1.165) is 62.2 Å². The second-order valence-electron chi connectivity index (χ2n) is 13.4. The summed E-state index contributed by atoms with van der Waals surface area (Å²) in [5, 5.41) is 25.7. The molecule has 5 heterocycles. The number of nitrogens with two attached hydrogens (primary N) is 1. The maximum atomic E-state index is 12.7. The first-order chi connectivity index (χ1) is 23.9. The maximum Gasteiger partial charge on any atom is 0.249 e. The summed E-state index contributed by atoms with van der Waals surface area (Å²) < 4.78 is 7.99. The number of aromatic hydroxyl groups is 1. The molecule has 3 aliphatic heterocycles. The fourth-order valence-electron chi connectivity index (χ4n) is 7.96. The van der Waals surface area contributed by atoms with Crippen LogP contribution >= 0.6 is 0 Å². The number of rotatable bonds is 6. The molecule has 2 aromatic heterocycles. The van der Waals surface area contributed by atoms with E-state index in [1.807, 2.05) is 24.5 Å². The highest BCUT2D eigenvalue weighted by molar-refractivity contribution is 6.02. The number of aromatic nitrogens is 4. The molecule has 0 bridgehead atoms. The molecule has 0 unspecified atom stereocenters. The second-order valence-corrected chi connectivity index (χ2v) is 13.4. The van der Waals surface area contributed by atoms with Crippen LogP contribution in [0.3, 0.4) is 0 Å². The summed E-state index contributed by atoms with van der Waals surface area (Å²) in [7, 11) is 0. The minimum Gasteiger partial charge on any atom is -0.507 e. The number of phenolic OH excluding ortho intramolecular Hbond substituents is 1. The molecule has 4 N–H and O–H groups in total. The van der Waals surface area contributed by atoms with Gasteiger partial charge in [0.25, 0.3) is 0 Å². The molecule has 0 radical (unpaired) electrons. The van der Waals surface area contributed by atoms with Gasteiger partial charge in [0.15, 0.2) is 5.82 Å². The number of fused-ring (bicyclic) bond motifs is 1. The van der Waals surface area contributed by atoms with E-state index in [1.54, 1.807) is 28.9 Å². The number of amides is 2. The summed E-state index contributed by atoms with van der Waals surface area (Å²) in [5.41, 5.74) is 12.5. The lowest BCUT2D eigenvalue weighted by Crippen LogP contribution is -2.54. The van der Waals surface area contributed by atoms with Crippen molar-refractivity contribution in [3.8, 4) is 28.4 Å². The lowest BCUT2D eigenvalue weighted by Gasteiger charge is -2.41. The highest BCUT2D eigenvalue weighted by Crippen LogP contribution is 2.45. The first-order valence-electron chi connectivity index (χ1n) is 17.2. The van der Waals surface area contributed by atoms with Gasteiger partial charge in [0, 0.05) is 42.9 Å². The Morgan fingerprint density at radius 3 is 2.59 bits per heavy atom. The number of piperidine rings is 1. The van der Waals surface area contributed by atoms with Crippen LogP contribution in [0.2, 0.25) is 0 Å². The van der Waals surface area contributed by atoms with Crippen LogP contribution in [0.4, 0.5) is 11.5 Å². The van der Waals surface area contributed by atoms with E-state index in [2.05, 4.69) is 48.6 Å². The molecule has 4 aliphatic rings. The summed E-state index contributed by atoms with van der Waals surface area (Å²) in [6, 6.07) is 15.3. The number of nitrogens with zero attached hydrogens (tertiary/aromatic N) is 6. The third-order valence-corrected chi connectivity index (χ3v) is 10.6. The molecule has 49 heavy (non-hydrogen) atoms. The van der Waals surface area contributed by atoms with Crippen molar-refractivity contribution in [2.75, 3.05) is 36.9 Å². The van der Waals surface area contributed by atoms with E-state index >= 15 is 0 Å². The largest absolute Gasteiger partial charge is 0.507 e. The number of para-hydroxylation sites is 2. The van der Waals surface area contributed by atoms with Crippen molar-refractivity contribution in [3.05, 3.63) is 78.1 Å². The summed E-state index contributed by atoms with van der Waals surface area (Å²) in [6.45, 7) is 3.06. The van der Waals surface area contributed by atoms with Crippen LogP contribution in [0.5, 0.6) is 11.5 Å². The summed E-state index contributed by atoms with van der Waals surface area (Å²) in [5.74, 6) is 1.32. The highest BCUT2D eigenvalue weighted by Gasteiger charge is 2.37. The topological polar surface area (TPSA) is 152 Å². The number of hydrogen-bond acceptors (Lipinski definition) is 10. The minimum atomic E-state index is -0.341. The predicted octanol–water partition coefficient (Wildman–Crippen LogP) is 4.44. The quantitative estimate of drug-likeness (QED) is 0.253. The molecule has 8 rings (SSSR count). The average Bonchev–Trinajstić information content (AvgIpc) is 3.62. The van der Waals surface area contributed by atoms with E-state index < -0.39 is 0 Å². The number of carbonyl (C=O) groups is 2. The predicted molar refractivity (Wildman–Crippen MR) is 185 cm³/mol. The van der Waals surface area contributed by atoms with Gasteiger partial charge in [-0.15, -0.1) is 10.2 Å². The number of benzene rings is 2. The smallest absolute Gasteiger partial charge is 0.249 e. The first-order valence-corrected chi connectivity index (χ1v) is 17.2. The van der Waals surface area contributed by atoms with Gasteiger partial charge in [-0.05, 0) is 79.8 Å². The van der Waals surface area contributed by atoms with E-state index in [1.165, 1.54) is 11.1 Å². The van der Waals surface area contributed by atoms with Gasteiger partial charge < -0.3 is 20.5 Å². The maximum absolute atomic E-state index is 12.7. The van der Waals surface area contributed by atoms with Gasteiger partial charge in [-0.3, -0.25) is 19.8 Å². The molecule has 2 amide bonds. The van der Waals surface area contributed by atoms with Crippen molar-refractivity contribution in [3.63, 3.8) is 0 Å². The third-order valence-electron chi connectivity index (χ3n) is 10.6. The van der Waals surface area contributed by atoms with Gasteiger partial charge in [-0.1, -0.05) is 30.3 Å². The Kier molecular flexibility index (Phi) is 8.24. The van der Waals surface area contributed by atoms with Crippen LogP contribution in [-0.2, 0) is 9.59 Å². The fraction of sp³-hybridized carbons (Fsp3) is 0.378. The SMILES string of the molecule is Nc1nnc(-c2ccccc2O)cc1-n1cc(C2=CCN([C@H]3CC[C@H](c4cccc5c4OCCN5[C@@H]4CCC(=O)NC4=O)CC3)CC2)cn1. The molecule has 252 valence electrons. The van der Waals surface area contributed by atoms with Crippen molar-refractivity contribution < 1.29 is 19.4 Å². The zero-order chi connectivity index (χ0) is 33.5. The summed E-state index contributed by atoms with van der Waals surface area (Å²) >= 11 is 0. The molecule has 1 aliphatic carbocycles. The number of nitrogen functional groups attached to an aromatic ring is 1. The van der Waals surface area contributed by atoms with Crippen LogP contribution in [0, 0.1) is 0 Å². The van der Waals surface area contributed by atoms with Crippen LogP contribution in [0.15, 0.2) is 67.0 Å². The van der Waals surface area contributed by atoms with Gasteiger partial charge in [-0.2, -0.15) is 5.10 Å². The highest BCUT2D eigenvalue weighted by atomic mass is 16.5. The zero-order valence-corrected chi connectivity index (χ0v) is 27.3. The fourth-order valence-corrected chi connectivity index (χ4v) is 7.96. The van der Waals surface area contributed by atoms with Crippen molar-refractivity contribution >= 4 is 28.9 Å². The molecule has 1 saturated carbocycles. The van der Waals surface area contributed by atoms with E-state index in [0.29, 0.717) is 54.9 Å². The van der Waals surface area contributed by atoms with Crippen LogP contribution < -0.4 is 20.7 Å². The zero-order valence-electron chi connectivity index (χ0n) is 27.3. The number of imide groups is 1. The molecule has 2 aromatic carbocycles. The number of hydrogen-bond donors (Lipinski definition) is 3. The third kappa shape index (κ3) is 6.01. The van der Waals surface area contributed by atoms with E-state index in [-0.39, 0.29) is 29.4 Å². The molecule has 1 atom stereocenters. The number of anilines is 2. The van der Waals surface area contributed by atoms with Crippen molar-refractivity contribution in [2.45, 2.75) is 62.9 Å². The van der Waals surface area contributed by atoms with E-state index in [9.17, 15) is 14.7 Å². The molecule has 2 fully saturated rings. The van der Waals surface area contributed by atoms with Crippen molar-refractivity contribution in [2.24, 2.45) is 0 Å². The number of phenols is 1. The standard InChI is InChI=1S/C37H40N8O4/c38-36-32(20-29(41-42-36)28-4-1-2-7-33(28)46)45-22-25(21-39-45)23-14-16-43(17-15-23)26-10-8-24(9-11-26)27-5-3-6-30-35(27)49-19-18-44(30)31-12-13-34(47)40-37(31)48/h1-7,14,20-22,24,26,31,46H,8-13,15-19H2,(H2,38,42)(H,40,47,48)/t24-,26-,31-/m1/s1. The molecule has 4 aromatic rings. The Morgan fingerprint density at radius 2 is 1.80 bits per heavy atom. The van der Waals surface area contributed by atoms with Crippen LogP contribution in [0.1, 0.15) is 62.0 Å². The molecule has 1 saturated heterocycles. The van der Waals surface area contributed by atoms with Crippen LogP contribution in [-0.4, -0.2) is 80.1 Å². The molecule has 12 nitrogen and oxygen atoms in total. The van der Waals surface area contributed by atoms with Gasteiger partial charge in [-0.25, -0.2) is 4.68 Å². The number of carbonyl (C=O) groups excluding carboxylic acids is 2. The molecular formula is C37H40N8O4. The normalized spacial score (nSPS) is 23.0. The molecule has 0 spiro atoms. The van der Waals surface area contributed by atoms with Gasteiger partial charge in [0.1, 0.15) is 29.8 Å². The summed E-state index contributed by atoms with van der Waals surface area (Å²) in [4.78, 5) is 29.2. The minimum absolute atomic E-state index is 0.130. The monoisotopic (exact) mass is 660 g/mol. The Balaban J connectivity index is 0.910. The number of nitrogens with one attached hydrogen (secondary N) is 1. The Morgan fingerprint density at radius 1 is 0.939 bits per heavy atom.